The Morgan fingerprint density at radius 1 is 1.22 bits per heavy atom. The summed E-state index contributed by atoms with van der Waals surface area (Å²) in [5, 5.41) is 12.0. The van der Waals surface area contributed by atoms with Crippen molar-refractivity contribution in [3.05, 3.63) is 35.9 Å². The number of nitrogens with one attached hydrogen (secondary N) is 1. The third kappa shape index (κ3) is 7.46. The molecular formula is C25H31F3N4O5. The van der Waals surface area contributed by atoms with E-state index in [2.05, 4.69) is 15.2 Å². The average Bonchev–Trinajstić information content (AvgIpc) is 3.37. The second-order valence-corrected chi connectivity index (χ2v) is 8.97. The quantitative estimate of drug-likeness (QED) is 0.546. The van der Waals surface area contributed by atoms with Crippen LogP contribution in [0.5, 0.6) is 5.88 Å². The summed E-state index contributed by atoms with van der Waals surface area (Å²) in [6.07, 6.45) is -4.69. The number of nitrogens with zero attached hydrogens (tertiary/aromatic N) is 3. The summed E-state index contributed by atoms with van der Waals surface area (Å²) in [4.78, 5) is 20.9. The molecule has 202 valence electrons. The standard InChI is InChI=1S/C25H31F3N4O5/c1-17-2-3-19(29-24(34)32-5-4-20(15-32)37-16-25(26,27)28)14-21(17)18-12-22(31-6-9-35-10-7-31)30-23(13-18)36-11-8-33/h2-3,12-14,20,33H,4-11,15-16H2,1H3,(H,29,34)/t20-/m1/s1. The van der Waals surface area contributed by atoms with Crippen LogP contribution in [0.2, 0.25) is 0 Å². The van der Waals surface area contributed by atoms with E-state index >= 15 is 0 Å². The summed E-state index contributed by atoms with van der Waals surface area (Å²) in [6.45, 7) is 3.57. The van der Waals surface area contributed by atoms with Gasteiger partial charge in [0, 0.05) is 37.9 Å². The third-order valence-corrected chi connectivity index (χ3v) is 6.18. The third-order valence-electron chi connectivity index (χ3n) is 6.18. The van der Waals surface area contributed by atoms with Gasteiger partial charge in [-0.3, -0.25) is 0 Å². The first-order valence-electron chi connectivity index (χ1n) is 12.2. The van der Waals surface area contributed by atoms with Crippen LogP contribution in [0.25, 0.3) is 11.1 Å². The predicted octanol–water partition coefficient (Wildman–Crippen LogP) is 3.45. The number of amides is 2. The van der Waals surface area contributed by atoms with Crippen LogP contribution >= 0.6 is 0 Å². The molecule has 0 bridgehead atoms. The van der Waals surface area contributed by atoms with Crippen molar-refractivity contribution >= 4 is 17.5 Å². The first kappa shape index (κ1) is 27.0. The monoisotopic (exact) mass is 524 g/mol. The van der Waals surface area contributed by atoms with Crippen molar-refractivity contribution in [3.63, 3.8) is 0 Å². The number of carbonyl (C=O) groups excluding carboxylic acids is 1. The molecule has 2 fully saturated rings. The number of pyridine rings is 1. The van der Waals surface area contributed by atoms with E-state index in [0.717, 1.165) is 22.5 Å². The van der Waals surface area contributed by atoms with Gasteiger partial charge in [-0.15, -0.1) is 0 Å². The zero-order valence-electron chi connectivity index (χ0n) is 20.6. The SMILES string of the molecule is Cc1ccc(NC(=O)N2CC[C@@H](OCC(F)(F)F)C2)cc1-c1cc(OCCO)nc(N2CCOCC2)c1. The Kier molecular flexibility index (Phi) is 8.72. The van der Waals surface area contributed by atoms with E-state index in [0.29, 0.717) is 50.8 Å². The molecule has 2 aromatic rings. The van der Waals surface area contributed by atoms with Gasteiger partial charge < -0.3 is 34.4 Å². The van der Waals surface area contributed by atoms with Gasteiger partial charge in [-0.25, -0.2) is 4.79 Å². The van der Waals surface area contributed by atoms with E-state index in [-0.39, 0.29) is 19.8 Å². The van der Waals surface area contributed by atoms with Gasteiger partial charge in [0.15, 0.2) is 0 Å². The van der Waals surface area contributed by atoms with E-state index in [1.165, 1.54) is 4.90 Å². The van der Waals surface area contributed by atoms with Crippen LogP contribution in [0.1, 0.15) is 12.0 Å². The Labute approximate surface area is 213 Å². The Hall–Kier alpha value is -3.09. The lowest BCUT2D eigenvalue weighted by Gasteiger charge is -2.28. The predicted molar refractivity (Wildman–Crippen MR) is 131 cm³/mol. The van der Waals surface area contributed by atoms with Gasteiger partial charge in [-0.05, 0) is 48.2 Å². The average molecular weight is 525 g/mol. The Balaban J connectivity index is 1.50. The highest BCUT2D eigenvalue weighted by atomic mass is 19.4. The van der Waals surface area contributed by atoms with E-state index < -0.39 is 24.9 Å². The number of morpholine rings is 1. The fourth-order valence-electron chi connectivity index (χ4n) is 4.30. The fraction of sp³-hybridized carbons (Fsp3) is 0.520. The minimum atomic E-state index is -4.40. The topological polar surface area (TPSA) is 96.4 Å². The van der Waals surface area contributed by atoms with Crippen molar-refractivity contribution in [1.29, 1.82) is 0 Å². The van der Waals surface area contributed by atoms with E-state index in [1.807, 2.05) is 25.1 Å². The molecule has 2 N–H and O–H groups in total. The number of hydrogen-bond acceptors (Lipinski definition) is 7. The van der Waals surface area contributed by atoms with Crippen molar-refractivity contribution in [2.45, 2.75) is 25.6 Å². The lowest BCUT2D eigenvalue weighted by Crippen LogP contribution is -2.36. The van der Waals surface area contributed by atoms with Gasteiger partial charge in [0.05, 0.1) is 25.9 Å². The Morgan fingerprint density at radius 3 is 2.73 bits per heavy atom. The number of ether oxygens (including phenoxy) is 3. The molecule has 3 heterocycles. The van der Waals surface area contributed by atoms with Crippen LogP contribution in [0.15, 0.2) is 30.3 Å². The molecule has 4 rings (SSSR count). The Morgan fingerprint density at radius 2 is 2.00 bits per heavy atom. The number of carbonyl (C=O) groups is 1. The maximum absolute atomic E-state index is 12.8. The van der Waals surface area contributed by atoms with E-state index in [4.69, 9.17) is 14.2 Å². The Bertz CT molecular complexity index is 1080. The number of halogens is 3. The van der Waals surface area contributed by atoms with Crippen LogP contribution in [0, 0.1) is 6.92 Å². The highest BCUT2D eigenvalue weighted by Crippen LogP contribution is 2.32. The van der Waals surface area contributed by atoms with Crippen LogP contribution in [0.4, 0.5) is 29.5 Å². The van der Waals surface area contributed by atoms with Gasteiger partial charge in [-0.1, -0.05) is 6.07 Å². The van der Waals surface area contributed by atoms with Gasteiger partial charge in [-0.2, -0.15) is 18.2 Å². The zero-order valence-corrected chi connectivity index (χ0v) is 20.6. The number of anilines is 2. The van der Waals surface area contributed by atoms with Crippen LogP contribution < -0.4 is 15.0 Å². The molecule has 12 heteroatoms. The number of hydrogen-bond donors (Lipinski definition) is 2. The van der Waals surface area contributed by atoms with Gasteiger partial charge in [0.2, 0.25) is 5.88 Å². The number of alkyl halides is 3. The number of aliphatic hydroxyl groups excluding tert-OH is 1. The number of rotatable bonds is 8. The summed E-state index contributed by atoms with van der Waals surface area (Å²) >= 11 is 0. The summed E-state index contributed by atoms with van der Waals surface area (Å²) in [5.41, 5.74) is 3.20. The molecule has 1 atom stereocenters. The highest BCUT2D eigenvalue weighted by molar-refractivity contribution is 5.90. The molecule has 0 aliphatic carbocycles. The van der Waals surface area contributed by atoms with Gasteiger partial charge in [0.25, 0.3) is 0 Å². The molecule has 2 saturated heterocycles. The molecule has 2 aliphatic heterocycles. The number of aromatic nitrogens is 1. The molecule has 1 aromatic heterocycles. The van der Waals surface area contributed by atoms with Crippen molar-refractivity contribution < 1.29 is 37.3 Å². The van der Waals surface area contributed by atoms with Gasteiger partial charge in [0.1, 0.15) is 19.0 Å². The smallest absolute Gasteiger partial charge is 0.411 e. The largest absolute Gasteiger partial charge is 0.475 e. The highest BCUT2D eigenvalue weighted by Gasteiger charge is 2.33. The van der Waals surface area contributed by atoms with Crippen molar-refractivity contribution in [1.82, 2.24) is 9.88 Å². The molecule has 0 saturated carbocycles. The van der Waals surface area contributed by atoms with E-state index in [1.54, 1.807) is 12.1 Å². The summed E-state index contributed by atoms with van der Waals surface area (Å²) in [5.74, 6) is 1.10. The second-order valence-electron chi connectivity index (χ2n) is 8.97. The number of urea groups is 1. The normalized spacial score (nSPS) is 18.2. The molecule has 0 spiro atoms. The molecular weight excluding hydrogens is 493 g/mol. The minimum absolute atomic E-state index is 0.0967. The van der Waals surface area contributed by atoms with Crippen molar-refractivity contribution in [2.24, 2.45) is 0 Å². The molecule has 2 aliphatic rings. The number of benzene rings is 1. The zero-order chi connectivity index (χ0) is 26.4. The molecule has 2 amide bonds. The number of aryl methyl sites for hydroxylation is 1. The molecule has 9 nitrogen and oxygen atoms in total. The first-order valence-corrected chi connectivity index (χ1v) is 12.2. The van der Waals surface area contributed by atoms with Crippen molar-refractivity contribution in [3.8, 4) is 17.0 Å². The second kappa shape index (κ2) is 12.0. The molecule has 0 unspecified atom stereocenters. The maximum atomic E-state index is 12.8. The fourth-order valence-corrected chi connectivity index (χ4v) is 4.30. The summed E-state index contributed by atoms with van der Waals surface area (Å²) < 4.78 is 53.3. The lowest BCUT2D eigenvalue weighted by molar-refractivity contribution is -0.183. The van der Waals surface area contributed by atoms with Gasteiger partial charge >= 0.3 is 12.2 Å². The molecule has 0 radical (unpaired) electrons. The van der Waals surface area contributed by atoms with Crippen LogP contribution in [-0.4, -0.2) is 92.5 Å². The summed E-state index contributed by atoms with van der Waals surface area (Å²) in [7, 11) is 0. The number of aliphatic hydroxyl groups is 1. The van der Waals surface area contributed by atoms with Crippen LogP contribution in [-0.2, 0) is 9.47 Å². The first-order chi connectivity index (χ1) is 17.7. The van der Waals surface area contributed by atoms with E-state index in [9.17, 15) is 23.1 Å². The lowest BCUT2D eigenvalue weighted by atomic mass is 10.0. The minimum Gasteiger partial charge on any atom is -0.475 e. The molecule has 37 heavy (non-hydrogen) atoms. The number of likely N-dealkylation sites (tertiary alicyclic amines) is 1. The molecule has 1 aromatic carbocycles. The van der Waals surface area contributed by atoms with Crippen LogP contribution in [0.3, 0.4) is 0 Å². The van der Waals surface area contributed by atoms with Crippen molar-refractivity contribution in [2.75, 3.05) is 69.4 Å². The summed E-state index contributed by atoms with van der Waals surface area (Å²) in [6, 6.07) is 8.84. The maximum Gasteiger partial charge on any atom is 0.411 e.